The Bertz CT molecular complexity index is 338. The van der Waals surface area contributed by atoms with Crippen LogP contribution in [0.4, 0.5) is 0 Å². The topological polar surface area (TPSA) is 99.1 Å². The Morgan fingerprint density at radius 1 is 1.47 bits per heavy atom. The highest BCUT2D eigenvalue weighted by molar-refractivity contribution is 6.76. The summed E-state index contributed by atoms with van der Waals surface area (Å²) in [7, 11) is -1.06. The quantitative estimate of drug-likeness (QED) is 0.527. The van der Waals surface area contributed by atoms with Gasteiger partial charge in [0, 0.05) is 21.2 Å². The number of ether oxygens (including phenoxy) is 1. The van der Waals surface area contributed by atoms with Crippen molar-refractivity contribution in [2.24, 2.45) is 5.73 Å². The Morgan fingerprint density at radius 2 is 2.18 bits per heavy atom. The molecule has 3 N–H and O–H groups in total. The summed E-state index contributed by atoms with van der Waals surface area (Å²) in [5.74, 6) is 0.237. The van der Waals surface area contributed by atoms with E-state index >= 15 is 0 Å². The average Bonchev–Trinajstić information content (AvgIpc) is 2.70. The molecule has 0 saturated heterocycles. The lowest BCUT2D eigenvalue weighted by Gasteiger charge is -2.14. The molecular formula is C9H21N5O2Si. The second-order valence-corrected chi connectivity index (χ2v) is 10.7. The lowest BCUT2D eigenvalue weighted by molar-refractivity contribution is 0.0665. The Kier molecular flexibility index (Phi) is 5.19. The van der Waals surface area contributed by atoms with Crippen LogP contribution in [0.3, 0.4) is 0 Å². The van der Waals surface area contributed by atoms with Gasteiger partial charge in [-0.05, 0) is 11.3 Å². The lowest BCUT2D eigenvalue weighted by Crippen LogP contribution is -2.22. The summed E-state index contributed by atoms with van der Waals surface area (Å²) >= 11 is 0. The molecule has 0 aromatic carbocycles. The number of aromatic nitrogens is 4. The van der Waals surface area contributed by atoms with Gasteiger partial charge in [0.2, 0.25) is 5.82 Å². The maximum Gasteiger partial charge on any atom is 0.204 e. The zero-order chi connectivity index (χ0) is 12.9. The molecule has 98 valence electrons. The number of aliphatic hydroxyl groups is 1. The third-order valence-corrected chi connectivity index (χ3v) is 3.90. The van der Waals surface area contributed by atoms with Crippen LogP contribution >= 0.6 is 0 Å². The first-order valence-corrected chi connectivity index (χ1v) is 9.36. The largest absolute Gasteiger partial charge is 0.384 e. The van der Waals surface area contributed by atoms with Crippen molar-refractivity contribution >= 4 is 8.07 Å². The maximum absolute atomic E-state index is 9.38. The Morgan fingerprint density at radius 3 is 2.76 bits per heavy atom. The molecule has 0 amide bonds. The van der Waals surface area contributed by atoms with Gasteiger partial charge < -0.3 is 15.6 Å². The van der Waals surface area contributed by atoms with E-state index in [4.69, 9.17) is 10.5 Å². The van der Waals surface area contributed by atoms with Crippen LogP contribution in [0.15, 0.2) is 0 Å². The van der Waals surface area contributed by atoms with E-state index < -0.39 is 14.2 Å². The summed E-state index contributed by atoms with van der Waals surface area (Å²) in [6.45, 7) is 7.92. The zero-order valence-corrected chi connectivity index (χ0v) is 11.6. The van der Waals surface area contributed by atoms with Gasteiger partial charge >= 0.3 is 0 Å². The molecule has 1 unspecified atom stereocenters. The third-order valence-electron chi connectivity index (χ3n) is 2.19. The number of hydrogen-bond acceptors (Lipinski definition) is 6. The molecule has 0 aliphatic carbocycles. The first kappa shape index (κ1) is 14.2. The van der Waals surface area contributed by atoms with Gasteiger partial charge in [0.1, 0.15) is 6.10 Å². The number of aliphatic hydroxyl groups excluding tert-OH is 1. The van der Waals surface area contributed by atoms with E-state index in [1.54, 1.807) is 0 Å². The highest BCUT2D eigenvalue weighted by Crippen LogP contribution is 2.07. The molecular weight excluding hydrogens is 238 g/mol. The molecule has 0 aliphatic rings. The van der Waals surface area contributed by atoms with Gasteiger partial charge in [-0.2, -0.15) is 0 Å². The van der Waals surface area contributed by atoms with Gasteiger partial charge in [-0.15, -0.1) is 15.0 Å². The van der Waals surface area contributed by atoms with Gasteiger partial charge in [0.05, 0.1) is 0 Å². The molecule has 7 nitrogen and oxygen atoms in total. The summed E-state index contributed by atoms with van der Waals surface area (Å²) in [6, 6.07) is 1.10. The molecule has 1 heterocycles. The van der Waals surface area contributed by atoms with E-state index in [-0.39, 0.29) is 19.1 Å². The summed E-state index contributed by atoms with van der Waals surface area (Å²) in [5, 5.41) is 20.8. The maximum atomic E-state index is 9.38. The molecule has 0 spiro atoms. The lowest BCUT2D eigenvalue weighted by atomic mass is 10.3. The number of nitrogens with zero attached hydrogens (tertiary/aromatic N) is 4. The van der Waals surface area contributed by atoms with E-state index in [2.05, 4.69) is 35.1 Å². The van der Waals surface area contributed by atoms with Crippen molar-refractivity contribution < 1.29 is 9.84 Å². The van der Waals surface area contributed by atoms with Crippen LogP contribution in [0.1, 0.15) is 11.9 Å². The normalized spacial score (nSPS) is 13.9. The Balaban J connectivity index is 2.30. The monoisotopic (exact) mass is 259 g/mol. The van der Waals surface area contributed by atoms with Crippen LogP contribution in [0, 0.1) is 0 Å². The van der Waals surface area contributed by atoms with Gasteiger partial charge in [0.15, 0.2) is 6.73 Å². The van der Waals surface area contributed by atoms with Gasteiger partial charge in [0.25, 0.3) is 0 Å². The number of hydrogen-bond donors (Lipinski definition) is 2. The SMILES string of the molecule is C[Si](C)(C)CCOCn1nnc(C(O)CN)n1. The number of rotatable bonds is 7. The molecule has 8 heteroatoms. The number of tetrazole rings is 1. The number of nitrogens with two attached hydrogens (primary N) is 1. The molecule has 0 saturated carbocycles. The van der Waals surface area contributed by atoms with E-state index in [1.165, 1.54) is 4.80 Å². The molecule has 1 aromatic rings. The van der Waals surface area contributed by atoms with E-state index in [1.807, 2.05) is 0 Å². The fraction of sp³-hybridized carbons (Fsp3) is 0.889. The predicted molar refractivity (Wildman–Crippen MR) is 65.9 cm³/mol. The van der Waals surface area contributed by atoms with Gasteiger partial charge in [-0.1, -0.05) is 19.6 Å². The Hall–Kier alpha value is -0.833. The molecule has 0 aliphatic heterocycles. The zero-order valence-electron chi connectivity index (χ0n) is 10.6. The minimum Gasteiger partial charge on any atom is -0.384 e. The molecule has 17 heavy (non-hydrogen) atoms. The van der Waals surface area contributed by atoms with E-state index in [0.29, 0.717) is 6.61 Å². The van der Waals surface area contributed by atoms with Crippen LogP contribution in [0.5, 0.6) is 0 Å². The fourth-order valence-corrected chi connectivity index (χ4v) is 1.83. The van der Waals surface area contributed by atoms with Gasteiger partial charge in [-0.3, -0.25) is 0 Å². The molecule has 1 aromatic heterocycles. The highest BCUT2D eigenvalue weighted by Gasteiger charge is 2.13. The van der Waals surface area contributed by atoms with Crippen molar-refractivity contribution in [1.82, 2.24) is 20.2 Å². The van der Waals surface area contributed by atoms with Crippen LogP contribution < -0.4 is 5.73 Å². The summed E-state index contributed by atoms with van der Waals surface area (Å²) in [5.41, 5.74) is 5.29. The minimum absolute atomic E-state index is 0.0855. The smallest absolute Gasteiger partial charge is 0.204 e. The second-order valence-electron chi connectivity index (χ2n) is 5.12. The summed E-state index contributed by atoms with van der Waals surface area (Å²) < 4.78 is 5.44. The standard InChI is InChI=1S/C9H21N5O2Si/c1-17(2,3)5-4-16-7-14-12-9(11-13-14)8(15)6-10/h8,15H,4-7,10H2,1-3H3. The van der Waals surface area contributed by atoms with Crippen LogP contribution in [-0.2, 0) is 11.5 Å². The van der Waals surface area contributed by atoms with Crippen molar-refractivity contribution in [1.29, 1.82) is 0 Å². The predicted octanol–water partition coefficient (Wildman–Crippen LogP) is -0.0225. The van der Waals surface area contributed by atoms with Crippen molar-refractivity contribution in [3.63, 3.8) is 0 Å². The van der Waals surface area contributed by atoms with Crippen LogP contribution in [-0.4, -0.2) is 46.5 Å². The second kappa shape index (κ2) is 6.19. The highest BCUT2D eigenvalue weighted by atomic mass is 28.3. The minimum atomic E-state index is -1.06. The molecule has 0 fully saturated rings. The Labute approximate surface area is 102 Å². The van der Waals surface area contributed by atoms with Crippen molar-refractivity contribution in [2.75, 3.05) is 13.2 Å². The van der Waals surface area contributed by atoms with E-state index in [9.17, 15) is 5.11 Å². The van der Waals surface area contributed by atoms with Crippen LogP contribution in [0.2, 0.25) is 25.7 Å². The first-order chi connectivity index (χ1) is 7.92. The summed E-state index contributed by atoms with van der Waals surface area (Å²) in [6.07, 6.45) is -0.856. The van der Waals surface area contributed by atoms with Gasteiger partial charge in [-0.25, -0.2) is 0 Å². The van der Waals surface area contributed by atoms with Crippen molar-refractivity contribution in [2.45, 2.75) is 38.5 Å². The van der Waals surface area contributed by atoms with Crippen LogP contribution in [0.25, 0.3) is 0 Å². The summed E-state index contributed by atoms with van der Waals surface area (Å²) in [4.78, 5) is 1.32. The van der Waals surface area contributed by atoms with E-state index in [0.717, 1.165) is 6.04 Å². The average molecular weight is 259 g/mol. The van der Waals surface area contributed by atoms with Crippen molar-refractivity contribution in [3.05, 3.63) is 5.82 Å². The first-order valence-electron chi connectivity index (χ1n) is 5.66. The fourth-order valence-electron chi connectivity index (χ4n) is 1.07. The molecule has 1 atom stereocenters. The molecule has 0 bridgehead atoms. The molecule has 1 rings (SSSR count). The third kappa shape index (κ3) is 5.35. The molecule has 0 radical (unpaired) electrons. The van der Waals surface area contributed by atoms with Crippen molar-refractivity contribution in [3.8, 4) is 0 Å².